The van der Waals surface area contributed by atoms with E-state index in [2.05, 4.69) is 4.98 Å². The molecular formula is C11H10ClFN2O. The lowest BCUT2D eigenvalue weighted by atomic mass is 10.2. The maximum absolute atomic E-state index is 13.5. The minimum Gasteiger partial charge on any atom is -0.310 e. The van der Waals surface area contributed by atoms with Crippen LogP contribution in [0, 0.1) is 24.6 Å². The number of fused-ring (bicyclic) bond motifs is 1. The van der Waals surface area contributed by atoms with E-state index in [9.17, 15) is 9.18 Å². The molecule has 0 radical (unpaired) electrons. The summed E-state index contributed by atoms with van der Waals surface area (Å²) in [5.74, 6) is 0.188. The fraction of sp³-hybridized carbons (Fsp3) is 0.455. The van der Waals surface area contributed by atoms with Crippen LogP contribution in [0.1, 0.15) is 12.0 Å². The van der Waals surface area contributed by atoms with E-state index in [-0.39, 0.29) is 17.0 Å². The average molecular weight is 241 g/mol. The topological polar surface area (TPSA) is 33.2 Å². The van der Waals surface area contributed by atoms with E-state index in [0.717, 1.165) is 6.42 Å². The smallest absolute Gasteiger partial charge is 0.230 e. The van der Waals surface area contributed by atoms with Crippen LogP contribution in [0.25, 0.3) is 0 Å². The van der Waals surface area contributed by atoms with Gasteiger partial charge >= 0.3 is 0 Å². The van der Waals surface area contributed by atoms with E-state index in [0.29, 0.717) is 23.7 Å². The normalized spacial score (nSPS) is 27.2. The predicted octanol–water partition coefficient (Wildman–Crippen LogP) is 2.17. The molecule has 3 nitrogen and oxygen atoms in total. The van der Waals surface area contributed by atoms with Crippen molar-refractivity contribution >= 4 is 23.2 Å². The highest BCUT2D eigenvalue weighted by atomic mass is 35.5. The number of nitrogens with zero attached hydrogens (tertiary/aromatic N) is 2. The first-order chi connectivity index (χ1) is 7.59. The minimum atomic E-state index is -0.535. The Kier molecular flexibility index (Phi) is 1.98. The third kappa shape index (κ3) is 1.26. The second-order valence-corrected chi connectivity index (χ2v) is 4.78. The Morgan fingerprint density at radius 3 is 3.00 bits per heavy atom. The SMILES string of the molecule is Cc1c(N2C[C@H]3C[C@H]3C2=O)cnc(Cl)c1F. The van der Waals surface area contributed by atoms with E-state index in [1.807, 2.05) is 0 Å². The van der Waals surface area contributed by atoms with Gasteiger partial charge in [-0.05, 0) is 19.3 Å². The van der Waals surface area contributed by atoms with E-state index in [4.69, 9.17) is 11.6 Å². The first-order valence-corrected chi connectivity index (χ1v) is 5.59. The monoisotopic (exact) mass is 240 g/mol. The number of halogens is 2. The van der Waals surface area contributed by atoms with Gasteiger partial charge in [0.15, 0.2) is 11.0 Å². The molecule has 16 heavy (non-hydrogen) atoms. The lowest BCUT2D eigenvalue weighted by Gasteiger charge is -2.20. The lowest BCUT2D eigenvalue weighted by molar-refractivity contribution is -0.118. The molecule has 0 N–H and O–H groups in total. The summed E-state index contributed by atoms with van der Waals surface area (Å²) in [5.41, 5.74) is 0.953. The van der Waals surface area contributed by atoms with Crippen LogP contribution in [0.4, 0.5) is 10.1 Å². The molecule has 0 bridgehead atoms. The molecule has 84 valence electrons. The number of rotatable bonds is 1. The van der Waals surface area contributed by atoms with Crippen molar-refractivity contribution in [2.24, 2.45) is 11.8 Å². The largest absolute Gasteiger partial charge is 0.310 e. The molecule has 1 amide bonds. The van der Waals surface area contributed by atoms with Crippen molar-refractivity contribution in [3.8, 4) is 0 Å². The van der Waals surface area contributed by atoms with Crippen LogP contribution >= 0.6 is 11.6 Å². The van der Waals surface area contributed by atoms with Crippen LogP contribution in [0.15, 0.2) is 6.20 Å². The van der Waals surface area contributed by atoms with Gasteiger partial charge < -0.3 is 4.90 Å². The summed E-state index contributed by atoms with van der Waals surface area (Å²) in [7, 11) is 0. The van der Waals surface area contributed by atoms with Crippen molar-refractivity contribution < 1.29 is 9.18 Å². The Hall–Kier alpha value is -1.16. The number of pyridine rings is 1. The number of amides is 1. The zero-order valence-electron chi connectivity index (χ0n) is 8.70. The summed E-state index contributed by atoms with van der Waals surface area (Å²) in [6.45, 7) is 2.31. The summed E-state index contributed by atoms with van der Waals surface area (Å²) in [4.78, 5) is 17.2. The van der Waals surface area contributed by atoms with Gasteiger partial charge in [-0.15, -0.1) is 0 Å². The molecule has 2 fully saturated rings. The van der Waals surface area contributed by atoms with Gasteiger partial charge in [-0.2, -0.15) is 0 Å². The Morgan fingerprint density at radius 1 is 1.62 bits per heavy atom. The highest BCUT2D eigenvalue weighted by molar-refractivity contribution is 6.29. The number of hydrogen-bond donors (Lipinski definition) is 0. The zero-order valence-corrected chi connectivity index (χ0v) is 9.46. The Labute approximate surface area is 97.2 Å². The minimum absolute atomic E-state index is 0.0941. The fourth-order valence-electron chi connectivity index (χ4n) is 2.30. The van der Waals surface area contributed by atoms with Crippen LogP contribution in [0.2, 0.25) is 5.15 Å². The van der Waals surface area contributed by atoms with Gasteiger partial charge in [-0.1, -0.05) is 11.6 Å². The Bertz CT molecular complexity index is 491. The number of anilines is 1. The first kappa shape index (κ1) is 10.0. The molecule has 2 aliphatic rings. The van der Waals surface area contributed by atoms with Gasteiger partial charge in [0.05, 0.1) is 11.9 Å². The van der Waals surface area contributed by atoms with Crippen molar-refractivity contribution in [1.82, 2.24) is 4.98 Å². The number of aromatic nitrogens is 1. The molecule has 5 heteroatoms. The van der Waals surface area contributed by atoms with Gasteiger partial charge in [0.2, 0.25) is 5.91 Å². The quantitative estimate of drug-likeness (QED) is 0.705. The van der Waals surface area contributed by atoms with E-state index in [1.165, 1.54) is 6.20 Å². The molecule has 3 rings (SSSR count). The summed E-state index contributed by atoms with van der Waals surface area (Å²) in [6, 6.07) is 0. The van der Waals surface area contributed by atoms with E-state index >= 15 is 0 Å². The van der Waals surface area contributed by atoms with Crippen LogP contribution in [-0.4, -0.2) is 17.4 Å². The number of hydrogen-bond acceptors (Lipinski definition) is 2. The van der Waals surface area contributed by atoms with Gasteiger partial charge in [0.1, 0.15) is 0 Å². The summed E-state index contributed by atoms with van der Waals surface area (Å²) >= 11 is 5.58. The molecule has 1 aliphatic carbocycles. The van der Waals surface area contributed by atoms with Crippen molar-refractivity contribution in [2.75, 3.05) is 11.4 Å². The second kappa shape index (κ2) is 3.17. The van der Waals surface area contributed by atoms with Crippen LogP contribution in [0.3, 0.4) is 0 Å². The van der Waals surface area contributed by atoms with E-state index in [1.54, 1.807) is 11.8 Å². The summed E-state index contributed by atoms with van der Waals surface area (Å²) < 4.78 is 13.5. The van der Waals surface area contributed by atoms with Crippen LogP contribution in [0.5, 0.6) is 0 Å². The molecule has 0 unspecified atom stereocenters. The second-order valence-electron chi connectivity index (χ2n) is 4.42. The highest BCUT2D eigenvalue weighted by Gasteiger charge is 2.52. The number of carbonyl (C=O) groups is 1. The summed E-state index contributed by atoms with van der Waals surface area (Å²) in [5, 5.41) is -0.141. The van der Waals surface area contributed by atoms with Crippen LogP contribution in [-0.2, 0) is 4.79 Å². The maximum atomic E-state index is 13.5. The molecule has 2 heterocycles. The molecule has 0 spiro atoms. The molecule has 1 saturated carbocycles. The molecule has 0 aromatic carbocycles. The molecule has 1 aromatic heterocycles. The highest BCUT2D eigenvalue weighted by Crippen LogP contribution is 2.47. The van der Waals surface area contributed by atoms with Gasteiger partial charge in [-0.3, -0.25) is 4.79 Å². The molecule has 1 aromatic rings. The molecule has 2 atom stereocenters. The third-order valence-electron chi connectivity index (χ3n) is 3.41. The van der Waals surface area contributed by atoms with Crippen molar-refractivity contribution in [3.05, 3.63) is 22.7 Å². The Morgan fingerprint density at radius 2 is 2.38 bits per heavy atom. The molecule has 1 aliphatic heterocycles. The number of carbonyl (C=O) groups excluding carboxylic acids is 1. The van der Waals surface area contributed by atoms with Crippen molar-refractivity contribution in [3.63, 3.8) is 0 Å². The maximum Gasteiger partial charge on any atom is 0.230 e. The van der Waals surface area contributed by atoms with Crippen molar-refractivity contribution in [2.45, 2.75) is 13.3 Å². The van der Waals surface area contributed by atoms with Crippen LogP contribution < -0.4 is 4.90 Å². The average Bonchev–Trinajstić information content (AvgIpc) is 2.96. The zero-order chi connectivity index (χ0) is 11.4. The van der Waals surface area contributed by atoms with Gasteiger partial charge in [0, 0.05) is 18.0 Å². The standard InChI is InChI=1S/C11H10ClFN2O/c1-5-8(3-14-10(12)9(5)13)15-4-6-2-7(6)11(15)16/h3,6-7H,2,4H2,1H3/t6-,7-/m1/s1. The molecular weight excluding hydrogens is 231 g/mol. The predicted molar refractivity (Wildman–Crippen MR) is 57.9 cm³/mol. The van der Waals surface area contributed by atoms with Gasteiger partial charge in [0.25, 0.3) is 0 Å². The summed E-state index contributed by atoms with van der Waals surface area (Å²) in [6.07, 6.45) is 2.46. The molecule has 1 saturated heterocycles. The first-order valence-electron chi connectivity index (χ1n) is 5.21. The van der Waals surface area contributed by atoms with E-state index < -0.39 is 5.82 Å². The third-order valence-corrected chi connectivity index (χ3v) is 3.67. The Balaban J connectivity index is 2.01. The lowest BCUT2D eigenvalue weighted by Crippen LogP contribution is -2.29. The fourth-order valence-corrected chi connectivity index (χ4v) is 2.49. The van der Waals surface area contributed by atoms with Crippen molar-refractivity contribution in [1.29, 1.82) is 0 Å². The number of piperidine rings is 1. The van der Waals surface area contributed by atoms with Gasteiger partial charge in [-0.25, -0.2) is 9.37 Å².